The predicted octanol–water partition coefficient (Wildman–Crippen LogP) is 4.94. The molecule has 210 valence electrons. The molecule has 0 aliphatic heterocycles. The maximum Gasteiger partial charge on any atom is 0.338 e. The third kappa shape index (κ3) is 6.35. The number of ether oxygens (including phenoxy) is 1. The molecule has 0 radical (unpaired) electrons. The Labute approximate surface area is 234 Å². The van der Waals surface area contributed by atoms with E-state index in [9.17, 15) is 18.3 Å². The van der Waals surface area contributed by atoms with Crippen LogP contribution in [0.25, 0.3) is 10.9 Å². The molecule has 10 heteroatoms. The van der Waals surface area contributed by atoms with Gasteiger partial charge in [0.15, 0.2) is 5.88 Å². The zero-order chi connectivity index (χ0) is 28.9. The molecule has 0 amide bonds. The van der Waals surface area contributed by atoms with Crippen molar-refractivity contribution in [3.05, 3.63) is 89.5 Å². The first-order valence-corrected chi connectivity index (χ1v) is 14.7. The van der Waals surface area contributed by atoms with Gasteiger partial charge in [-0.05, 0) is 64.3 Å². The summed E-state index contributed by atoms with van der Waals surface area (Å²) in [4.78, 5) is 22.0. The number of carbonyl (C=O) groups is 1. The van der Waals surface area contributed by atoms with Crippen LogP contribution in [0.1, 0.15) is 35.3 Å². The number of fused-ring (bicyclic) bond motifs is 1. The minimum absolute atomic E-state index is 0.00376. The Morgan fingerprint density at radius 1 is 0.950 bits per heavy atom. The van der Waals surface area contributed by atoms with E-state index in [0.29, 0.717) is 52.2 Å². The number of hydrogen-bond acceptors (Lipinski definition) is 7. The summed E-state index contributed by atoms with van der Waals surface area (Å²) in [6, 6.07) is 21.5. The molecule has 40 heavy (non-hydrogen) atoms. The molecule has 0 atom stereocenters. The van der Waals surface area contributed by atoms with Gasteiger partial charge in [-0.3, -0.25) is 4.31 Å². The number of H-pyrrole nitrogens is 1. The Morgan fingerprint density at radius 3 is 2.27 bits per heavy atom. The lowest BCUT2D eigenvalue weighted by atomic mass is 10.00. The molecular weight excluding hydrogens is 528 g/mol. The normalized spacial score (nSPS) is 12.2. The molecule has 0 unspecified atom stereocenters. The van der Waals surface area contributed by atoms with Crippen molar-refractivity contribution in [1.82, 2.24) is 9.88 Å². The number of hydrogen-bond donors (Lipinski definition) is 2. The van der Waals surface area contributed by atoms with Crippen LogP contribution in [-0.4, -0.2) is 74.6 Å². The third-order valence-corrected chi connectivity index (χ3v) is 8.20. The summed E-state index contributed by atoms with van der Waals surface area (Å²) >= 11 is 0. The molecule has 4 rings (SSSR count). The van der Waals surface area contributed by atoms with Gasteiger partial charge in [-0.2, -0.15) is 0 Å². The lowest BCUT2D eigenvalue weighted by Crippen LogP contribution is -2.37. The number of rotatable bonds is 11. The zero-order valence-electron chi connectivity index (χ0n) is 23.1. The van der Waals surface area contributed by atoms with Crippen molar-refractivity contribution in [1.29, 1.82) is 0 Å². The zero-order valence-corrected chi connectivity index (χ0v) is 23.9. The summed E-state index contributed by atoms with van der Waals surface area (Å²) in [5.74, 6) is -0.531. The minimum atomic E-state index is -3.47. The third-order valence-electron chi connectivity index (χ3n) is 6.40. The molecule has 1 heterocycles. The highest BCUT2D eigenvalue weighted by molar-refractivity contribution is 7.92. The van der Waals surface area contributed by atoms with Crippen molar-refractivity contribution in [2.75, 3.05) is 43.8 Å². The van der Waals surface area contributed by atoms with Gasteiger partial charge >= 0.3 is 5.97 Å². The molecule has 4 aromatic rings. The Bertz CT molecular complexity index is 1610. The van der Waals surface area contributed by atoms with Gasteiger partial charge in [0.25, 0.3) is 0 Å². The molecule has 9 nitrogen and oxygen atoms in total. The van der Waals surface area contributed by atoms with Gasteiger partial charge in [0.05, 0.1) is 40.6 Å². The van der Waals surface area contributed by atoms with Gasteiger partial charge in [-0.15, -0.1) is 0 Å². The van der Waals surface area contributed by atoms with Crippen molar-refractivity contribution in [3.63, 3.8) is 0 Å². The smallest absolute Gasteiger partial charge is 0.338 e. The van der Waals surface area contributed by atoms with Crippen molar-refractivity contribution in [2.45, 2.75) is 13.8 Å². The van der Waals surface area contributed by atoms with Crippen LogP contribution in [0.4, 0.5) is 11.4 Å². The number of aromatic hydroxyl groups is 1. The largest absolute Gasteiger partial charge is 0.494 e. The van der Waals surface area contributed by atoms with Gasteiger partial charge in [-0.25, -0.2) is 18.2 Å². The number of nitrogens with one attached hydrogen (secondary N) is 1. The fourth-order valence-corrected chi connectivity index (χ4v) is 5.44. The first-order valence-electron chi connectivity index (χ1n) is 13.1. The van der Waals surface area contributed by atoms with E-state index in [4.69, 9.17) is 9.73 Å². The summed E-state index contributed by atoms with van der Waals surface area (Å²) in [6.45, 7) is 4.55. The summed E-state index contributed by atoms with van der Waals surface area (Å²) in [5, 5.41) is 11.7. The van der Waals surface area contributed by atoms with E-state index in [1.54, 1.807) is 56.3 Å². The number of aromatic amines is 1. The van der Waals surface area contributed by atoms with Gasteiger partial charge < -0.3 is 19.7 Å². The van der Waals surface area contributed by atoms with Crippen molar-refractivity contribution in [3.8, 4) is 5.88 Å². The van der Waals surface area contributed by atoms with Crippen molar-refractivity contribution < 1.29 is 23.1 Å². The number of anilines is 1. The summed E-state index contributed by atoms with van der Waals surface area (Å²) in [7, 11) is 0.334. The molecule has 2 N–H and O–H groups in total. The highest BCUT2D eigenvalue weighted by atomic mass is 32.2. The highest BCUT2D eigenvalue weighted by Gasteiger charge is 2.22. The van der Waals surface area contributed by atoms with Crippen LogP contribution in [-0.2, 0) is 14.8 Å². The van der Waals surface area contributed by atoms with Gasteiger partial charge in [-0.1, -0.05) is 36.4 Å². The number of carbonyl (C=O) groups excluding carboxylic acids is 1. The van der Waals surface area contributed by atoms with Gasteiger partial charge in [0, 0.05) is 29.6 Å². The Morgan fingerprint density at radius 2 is 1.65 bits per heavy atom. The number of sulfonamides is 1. The Kier molecular flexibility index (Phi) is 8.91. The van der Waals surface area contributed by atoms with E-state index in [2.05, 4.69) is 4.98 Å². The fraction of sp³-hybridized carbons (Fsp3) is 0.267. The number of aliphatic imine (C=N–C) groups is 1. The molecule has 3 aromatic carbocycles. The second-order valence-corrected chi connectivity index (χ2v) is 11.6. The van der Waals surface area contributed by atoms with Crippen molar-refractivity contribution in [2.24, 2.45) is 4.99 Å². The number of benzene rings is 3. The van der Waals surface area contributed by atoms with Crippen LogP contribution in [0, 0.1) is 0 Å². The number of likely N-dealkylation sites (N-methyl/N-ethyl adjacent to an activating group) is 1. The highest BCUT2D eigenvalue weighted by Crippen LogP contribution is 2.33. The fourth-order valence-electron chi connectivity index (χ4n) is 4.32. The number of esters is 1. The Balaban J connectivity index is 1.79. The molecule has 0 aliphatic rings. The molecule has 0 saturated heterocycles. The SMILES string of the molecule is CCOC(=O)c1ccc2c(C(=Nc3ccc(N(CCN(C)C)S(=O)(=O)CC)cc3)c3ccccc3)c(O)[nH]c2c1. The van der Waals surface area contributed by atoms with Crippen LogP contribution < -0.4 is 4.31 Å². The van der Waals surface area contributed by atoms with Crippen molar-refractivity contribution >= 4 is 44.0 Å². The van der Waals surface area contributed by atoms with Crippen LogP contribution >= 0.6 is 0 Å². The number of aromatic nitrogens is 1. The second kappa shape index (κ2) is 12.4. The number of nitrogens with zero attached hydrogens (tertiary/aromatic N) is 3. The quantitative estimate of drug-likeness (QED) is 0.198. The minimum Gasteiger partial charge on any atom is -0.494 e. The monoisotopic (exact) mass is 562 g/mol. The molecule has 0 fully saturated rings. The average molecular weight is 563 g/mol. The van der Waals surface area contributed by atoms with Gasteiger partial charge in [0.1, 0.15) is 0 Å². The second-order valence-electron chi connectivity index (χ2n) is 9.45. The molecule has 0 bridgehead atoms. The van der Waals surface area contributed by atoms with E-state index in [1.165, 1.54) is 4.31 Å². The van der Waals surface area contributed by atoms with Crippen LogP contribution in [0.5, 0.6) is 5.88 Å². The van der Waals surface area contributed by atoms with Crippen LogP contribution in [0.3, 0.4) is 0 Å². The van der Waals surface area contributed by atoms with E-state index in [1.807, 2.05) is 49.3 Å². The first-order chi connectivity index (χ1) is 19.1. The maximum atomic E-state index is 12.8. The van der Waals surface area contributed by atoms with E-state index in [0.717, 1.165) is 5.56 Å². The van der Waals surface area contributed by atoms with Crippen LogP contribution in [0.15, 0.2) is 77.8 Å². The lowest BCUT2D eigenvalue weighted by Gasteiger charge is -2.25. The topological polar surface area (TPSA) is 115 Å². The molecule has 1 aromatic heterocycles. The van der Waals surface area contributed by atoms with Crippen LogP contribution in [0.2, 0.25) is 0 Å². The predicted molar refractivity (Wildman–Crippen MR) is 159 cm³/mol. The summed E-state index contributed by atoms with van der Waals surface area (Å²) < 4.78 is 32.1. The molecule has 0 spiro atoms. The van der Waals surface area contributed by atoms with E-state index in [-0.39, 0.29) is 18.2 Å². The first kappa shape index (κ1) is 28.8. The maximum absolute atomic E-state index is 12.8. The van der Waals surface area contributed by atoms with Gasteiger partial charge in [0.2, 0.25) is 10.0 Å². The van der Waals surface area contributed by atoms with E-state index >= 15 is 0 Å². The molecular formula is C30H34N4O5S. The molecule has 0 aliphatic carbocycles. The molecule has 0 saturated carbocycles. The standard InChI is InChI=1S/C30H34N4O5S/c1-5-39-30(36)22-12-17-25-26(20-22)32-29(35)27(25)28(21-10-8-7-9-11-21)31-23-13-15-24(16-14-23)34(19-18-33(3)4)40(37,38)6-2/h7-17,20,32,35H,5-6,18-19H2,1-4H3. The lowest BCUT2D eigenvalue weighted by molar-refractivity contribution is 0.0526. The average Bonchev–Trinajstić information content (AvgIpc) is 3.27. The summed E-state index contributed by atoms with van der Waals surface area (Å²) in [6.07, 6.45) is 0. The Hall–Kier alpha value is -4.15. The van der Waals surface area contributed by atoms with E-state index < -0.39 is 16.0 Å². The summed E-state index contributed by atoms with van der Waals surface area (Å²) in [5.41, 5.74) is 3.87.